The summed E-state index contributed by atoms with van der Waals surface area (Å²) >= 11 is 6.56. The van der Waals surface area contributed by atoms with Crippen molar-refractivity contribution in [1.29, 1.82) is 0 Å². The normalized spacial score (nSPS) is 24.0. The summed E-state index contributed by atoms with van der Waals surface area (Å²) in [6.07, 6.45) is 3.34. The van der Waals surface area contributed by atoms with Gasteiger partial charge in [0.05, 0.1) is 22.0 Å². The van der Waals surface area contributed by atoms with E-state index in [2.05, 4.69) is 29.0 Å². The van der Waals surface area contributed by atoms with Gasteiger partial charge in [-0.2, -0.15) is 5.10 Å². The van der Waals surface area contributed by atoms with Crippen molar-refractivity contribution in [2.24, 2.45) is 5.41 Å². The molecule has 0 amide bonds. The summed E-state index contributed by atoms with van der Waals surface area (Å²) in [6.45, 7) is 4.37. The van der Waals surface area contributed by atoms with Gasteiger partial charge in [0.15, 0.2) is 0 Å². The van der Waals surface area contributed by atoms with E-state index >= 15 is 0 Å². The van der Waals surface area contributed by atoms with Crippen LogP contribution < -0.4 is 5.73 Å². The van der Waals surface area contributed by atoms with E-state index in [1.54, 1.807) is 12.3 Å². The number of pyridine rings is 1. The third-order valence-electron chi connectivity index (χ3n) is 6.94. The molecule has 148 valence electrons. The second-order valence-electron chi connectivity index (χ2n) is 8.44. The highest BCUT2D eigenvalue weighted by molar-refractivity contribution is 6.31. The van der Waals surface area contributed by atoms with Crippen LogP contribution in [0.1, 0.15) is 49.4 Å². The molecular weight excluding hydrogens is 394 g/mol. The Morgan fingerprint density at radius 3 is 2.59 bits per heavy atom. The van der Waals surface area contributed by atoms with Gasteiger partial charge in [-0.1, -0.05) is 31.5 Å². The summed E-state index contributed by atoms with van der Waals surface area (Å²) in [5.74, 6) is -0.737. The van der Waals surface area contributed by atoms with Gasteiger partial charge in [0.25, 0.3) is 0 Å². The standard InChI is InChI=1S/C22H19ClF2N4/c1-21(2)12-6-7-22(21,13-9-18(26)27-10-14(13)23)20-11(12)8-17(28-29-20)19-15(24)4-3-5-16(19)25/h3-5,8-10,12H,6-7H2,1-2H3,(H2,26,27)/t12-,22-/m0/s1. The average molecular weight is 413 g/mol. The van der Waals surface area contributed by atoms with Crippen molar-refractivity contribution in [3.8, 4) is 11.3 Å². The molecule has 0 saturated heterocycles. The Balaban J connectivity index is 1.76. The van der Waals surface area contributed by atoms with Gasteiger partial charge in [0.1, 0.15) is 17.5 Å². The van der Waals surface area contributed by atoms with Crippen molar-refractivity contribution >= 4 is 17.4 Å². The molecule has 2 heterocycles. The van der Waals surface area contributed by atoms with Crippen LogP contribution in [-0.2, 0) is 5.41 Å². The highest BCUT2D eigenvalue weighted by Gasteiger charge is 2.64. The van der Waals surface area contributed by atoms with Crippen molar-refractivity contribution < 1.29 is 8.78 Å². The zero-order chi connectivity index (χ0) is 20.6. The van der Waals surface area contributed by atoms with Crippen LogP contribution in [-0.4, -0.2) is 15.2 Å². The number of nitrogens with zero attached hydrogens (tertiary/aromatic N) is 3. The Hall–Kier alpha value is -2.60. The lowest BCUT2D eigenvalue weighted by atomic mass is 9.64. The molecule has 2 aliphatic carbocycles. The van der Waals surface area contributed by atoms with Gasteiger partial charge in [0, 0.05) is 11.6 Å². The Morgan fingerprint density at radius 1 is 1.14 bits per heavy atom. The van der Waals surface area contributed by atoms with Gasteiger partial charge >= 0.3 is 0 Å². The van der Waals surface area contributed by atoms with Crippen LogP contribution in [0.4, 0.5) is 14.6 Å². The largest absolute Gasteiger partial charge is 0.384 e. The van der Waals surface area contributed by atoms with E-state index < -0.39 is 17.0 Å². The van der Waals surface area contributed by atoms with Gasteiger partial charge in [-0.15, -0.1) is 5.10 Å². The molecule has 29 heavy (non-hydrogen) atoms. The van der Waals surface area contributed by atoms with Gasteiger partial charge in [-0.3, -0.25) is 0 Å². The summed E-state index contributed by atoms with van der Waals surface area (Å²) in [6, 6.07) is 7.39. The van der Waals surface area contributed by atoms with E-state index in [1.165, 1.54) is 18.2 Å². The minimum Gasteiger partial charge on any atom is -0.384 e. The molecule has 2 bridgehead atoms. The Bertz CT molecular complexity index is 1140. The lowest BCUT2D eigenvalue weighted by molar-refractivity contribution is 0.248. The average Bonchev–Trinajstić information content (AvgIpc) is 3.05. The fourth-order valence-corrected chi connectivity index (χ4v) is 5.83. The number of hydrogen-bond donors (Lipinski definition) is 1. The number of aromatic nitrogens is 3. The molecule has 2 aromatic heterocycles. The summed E-state index contributed by atoms with van der Waals surface area (Å²) < 4.78 is 28.6. The fourth-order valence-electron chi connectivity index (χ4n) is 5.57. The van der Waals surface area contributed by atoms with Gasteiger partial charge in [0.2, 0.25) is 0 Å². The molecule has 1 saturated carbocycles. The molecule has 0 spiro atoms. The minimum atomic E-state index is -0.652. The van der Waals surface area contributed by atoms with E-state index in [9.17, 15) is 8.78 Å². The lowest BCUT2D eigenvalue weighted by Gasteiger charge is -2.39. The van der Waals surface area contributed by atoms with E-state index in [0.717, 1.165) is 29.7 Å². The molecule has 0 unspecified atom stereocenters. The number of anilines is 1. The lowest BCUT2D eigenvalue weighted by Crippen LogP contribution is -2.37. The fraction of sp³-hybridized carbons (Fsp3) is 0.318. The number of hydrogen-bond acceptors (Lipinski definition) is 4. The number of halogens is 3. The van der Waals surface area contributed by atoms with E-state index in [-0.39, 0.29) is 22.6 Å². The van der Waals surface area contributed by atoms with Crippen LogP contribution in [0.2, 0.25) is 5.02 Å². The molecule has 4 nitrogen and oxygen atoms in total. The highest BCUT2D eigenvalue weighted by Crippen LogP contribution is 2.70. The van der Waals surface area contributed by atoms with Crippen molar-refractivity contribution in [2.75, 3.05) is 5.73 Å². The second-order valence-corrected chi connectivity index (χ2v) is 8.84. The zero-order valence-electron chi connectivity index (χ0n) is 16.0. The van der Waals surface area contributed by atoms with Crippen molar-refractivity contribution in [3.05, 3.63) is 70.0 Å². The van der Waals surface area contributed by atoms with Crippen LogP contribution in [0, 0.1) is 17.0 Å². The molecule has 0 aliphatic heterocycles. The first-order valence-corrected chi connectivity index (χ1v) is 9.89. The molecule has 2 atom stereocenters. The predicted molar refractivity (Wildman–Crippen MR) is 108 cm³/mol. The molecule has 5 rings (SSSR count). The second kappa shape index (κ2) is 5.95. The number of fused-ring (bicyclic) bond motifs is 5. The maximum absolute atomic E-state index is 14.3. The molecule has 0 radical (unpaired) electrons. The van der Waals surface area contributed by atoms with E-state index in [0.29, 0.717) is 10.8 Å². The Morgan fingerprint density at radius 2 is 1.86 bits per heavy atom. The monoisotopic (exact) mass is 412 g/mol. The number of rotatable bonds is 2. The number of nitrogen functional groups attached to an aromatic ring is 1. The topological polar surface area (TPSA) is 64.7 Å². The molecule has 2 N–H and O–H groups in total. The summed E-state index contributed by atoms with van der Waals surface area (Å²) in [4.78, 5) is 4.09. The zero-order valence-corrected chi connectivity index (χ0v) is 16.8. The van der Waals surface area contributed by atoms with Crippen LogP contribution in [0.15, 0.2) is 36.5 Å². The molecule has 1 aromatic carbocycles. The van der Waals surface area contributed by atoms with Gasteiger partial charge in [-0.05, 0) is 59.6 Å². The third-order valence-corrected chi connectivity index (χ3v) is 7.24. The Kier molecular flexibility index (Phi) is 3.78. The van der Waals surface area contributed by atoms with Crippen molar-refractivity contribution in [2.45, 2.75) is 38.0 Å². The first-order chi connectivity index (χ1) is 13.8. The molecule has 7 heteroatoms. The first kappa shape index (κ1) is 18.4. The first-order valence-electron chi connectivity index (χ1n) is 9.51. The van der Waals surface area contributed by atoms with Gasteiger partial charge < -0.3 is 5.73 Å². The molecular formula is C22H19ClF2N4. The van der Waals surface area contributed by atoms with E-state index in [1.807, 2.05) is 6.07 Å². The summed E-state index contributed by atoms with van der Waals surface area (Å²) in [5.41, 5.74) is 8.02. The van der Waals surface area contributed by atoms with Crippen LogP contribution in [0.25, 0.3) is 11.3 Å². The minimum absolute atomic E-state index is 0.149. The van der Waals surface area contributed by atoms with Crippen molar-refractivity contribution in [1.82, 2.24) is 15.2 Å². The molecule has 3 aromatic rings. The Labute approximate surface area is 172 Å². The molecule has 1 fully saturated rings. The quantitative estimate of drug-likeness (QED) is 0.623. The maximum Gasteiger partial charge on any atom is 0.135 e. The third kappa shape index (κ3) is 2.26. The number of nitrogens with two attached hydrogens (primary N) is 1. The molecule has 2 aliphatic rings. The smallest absolute Gasteiger partial charge is 0.135 e. The van der Waals surface area contributed by atoms with Crippen molar-refractivity contribution in [3.63, 3.8) is 0 Å². The van der Waals surface area contributed by atoms with E-state index in [4.69, 9.17) is 17.3 Å². The SMILES string of the molecule is CC1(C)[C@H]2CC[C@]1(c1cc(N)ncc1Cl)c1nnc(-c3c(F)cccc3F)cc12. The summed E-state index contributed by atoms with van der Waals surface area (Å²) in [5, 5.41) is 9.28. The highest BCUT2D eigenvalue weighted by atomic mass is 35.5. The van der Waals surface area contributed by atoms with Crippen LogP contribution in [0.3, 0.4) is 0 Å². The van der Waals surface area contributed by atoms with Gasteiger partial charge in [-0.25, -0.2) is 13.8 Å². The van der Waals surface area contributed by atoms with Crippen LogP contribution in [0.5, 0.6) is 0 Å². The van der Waals surface area contributed by atoms with Crippen LogP contribution >= 0.6 is 11.6 Å². The maximum atomic E-state index is 14.3. The summed E-state index contributed by atoms with van der Waals surface area (Å²) in [7, 11) is 0. The number of benzene rings is 1. The predicted octanol–water partition coefficient (Wildman–Crippen LogP) is 5.26.